The Hall–Kier alpha value is -2.00. The summed E-state index contributed by atoms with van der Waals surface area (Å²) >= 11 is 2.44. The van der Waals surface area contributed by atoms with Gasteiger partial charge in [0.15, 0.2) is 0 Å². The summed E-state index contributed by atoms with van der Waals surface area (Å²) in [5, 5.41) is 7.19. The molecule has 5 nitrogen and oxygen atoms in total. The second kappa shape index (κ2) is 8.74. The van der Waals surface area contributed by atoms with Crippen LogP contribution in [-0.2, 0) is 0 Å². The standard InChI is InChI=1S/C15H16F2N2O3S2/c1-9-8-10(22-15(16)17)12(24-9)14(21)19-6-3-5-18-13(20)11-4-2-7-23-11/h2,4,7-8,15H,3,5-6H2,1H3,(H,18,20)(H,19,21). The number of nitrogens with one attached hydrogen (secondary N) is 2. The zero-order valence-corrected chi connectivity index (χ0v) is 14.4. The Kier molecular flexibility index (Phi) is 6.68. The number of halogens is 2. The van der Waals surface area contributed by atoms with Crippen LogP contribution in [0.3, 0.4) is 0 Å². The fourth-order valence-corrected chi connectivity index (χ4v) is 3.40. The van der Waals surface area contributed by atoms with Gasteiger partial charge in [-0.25, -0.2) is 0 Å². The van der Waals surface area contributed by atoms with Crippen LogP contribution in [0, 0.1) is 6.92 Å². The summed E-state index contributed by atoms with van der Waals surface area (Å²) < 4.78 is 29.0. The van der Waals surface area contributed by atoms with Crippen LogP contribution in [0.1, 0.15) is 30.6 Å². The van der Waals surface area contributed by atoms with Crippen molar-refractivity contribution in [1.82, 2.24) is 10.6 Å². The summed E-state index contributed by atoms with van der Waals surface area (Å²) in [7, 11) is 0. The molecular weight excluding hydrogens is 358 g/mol. The Bertz CT molecular complexity index is 687. The highest BCUT2D eigenvalue weighted by molar-refractivity contribution is 7.14. The van der Waals surface area contributed by atoms with Crippen molar-refractivity contribution in [2.24, 2.45) is 0 Å². The maximum atomic E-state index is 12.3. The van der Waals surface area contributed by atoms with E-state index in [9.17, 15) is 18.4 Å². The Morgan fingerprint density at radius 1 is 1.25 bits per heavy atom. The molecule has 2 aromatic rings. The van der Waals surface area contributed by atoms with Crippen LogP contribution in [0.5, 0.6) is 5.75 Å². The van der Waals surface area contributed by atoms with Gasteiger partial charge in [0.05, 0.1) is 4.88 Å². The molecule has 0 aliphatic rings. The Balaban J connectivity index is 1.74. The fraction of sp³-hybridized carbons (Fsp3) is 0.333. The van der Waals surface area contributed by atoms with Crippen molar-refractivity contribution in [3.8, 4) is 5.75 Å². The van der Waals surface area contributed by atoms with E-state index in [1.165, 1.54) is 17.4 Å². The minimum absolute atomic E-state index is 0.115. The average molecular weight is 374 g/mol. The van der Waals surface area contributed by atoms with Gasteiger partial charge in [0.1, 0.15) is 10.6 Å². The normalized spacial score (nSPS) is 10.7. The SMILES string of the molecule is Cc1cc(OC(F)F)c(C(=O)NCCCNC(=O)c2cccs2)s1. The van der Waals surface area contributed by atoms with Crippen LogP contribution >= 0.6 is 22.7 Å². The number of carbonyl (C=O) groups is 2. The predicted octanol–water partition coefficient (Wildman–Crippen LogP) is 3.27. The van der Waals surface area contributed by atoms with E-state index < -0.39 is 12.5 Å². The number of carbonyl (C=O) groups excluding carboxylic acids is 2. The van der Waals surface area contributed by atoms with Crippen molar-refractivity contribution >= 4 is 34.5 Å². The van der Waals surface area contributed by atoms with Gasteiger partial charge in [0, 0.05) is 18.0 Å². The van der Waals surface area contributed by atoms with Crippen molar-refractivity contribution in [3.63, 3.8) is 0 Å². The van der Waals surface area contributed by atoms with Gasteiger partial charge in [-0.3, -0.25) is 9.59 Å². The van der Waals surface area contributed by atoms with Crippen LogP contribution in [-0.4, -0.2) is 31.5 Å². The highest BCUT2D eigenvalue weighted by Crippen LogP contribution is 2.30. The number of ether oxygens (including phenoxy) is 1. The molecule has 0 spiro atoms. The topological polar surface area (TPSA) is 67.4 Å². The van der Waals surface area contributed by atoms with E-state index in [1.54, 1.807) is 19.1 Å². The molecule has 2 heterocycles. The van der Waals surface area contributed by atoms with Crippen LogP contribution < -0.4 is 15.4 Å². The first-order valence-corrected chi connectivity index (χ1v) is 8.82. The Labute approximate surface area is 145 Å². The number of hydrogen-bond acceptors (Lipinski definition) is 5. The van der Waals surface area contributed by atoms with Gasteiger partial charge in [0.2, 0.25) is 0 Å². The molecule has 24 heavy (non-hydrogen) atoms. The summed E-state index contributed by atoms with van der Waals surface area (Å²) in [4.78, 5) is 25.2. The molecule has 0 aromatic carbocycles. The third kappa shape index (κ3) is 5.27. The van der Waals surface area contributed by atoms with E-state index in [-0.39, 0.29) is 16.5 Å². The lowest BCUT2D eigenvalue weighted by atomic mass is 10.3. The number of aryl methyl sites for hydroxylation is 1. The molecule has 0 saturated heterocycles. The van der Waals surface area contributed by atoms with Gasteiger partial charge < -0.3 is 15.4 Å². The summed E-state index contributed by atoms with van der Waals surface area (Å²) in [6.07, 6.45) is 0.526. The van der Waals surface area contributed by atoms with Gasteiger partial charge in [-0.05, 0) is 30.9 Å². The third-order valence-corrected chi connectivity index (χ3v) is 4.81. The predicted molar refractivity (Wildman–Crippen MR) is 89.3 cm³/mol. The fourth-order valence-electron chi connectivity index (χ4n) is 1.90. The van der Waals surface area contributed by atoms with Crippen molar-refractivity contribution in [1.29, 1.82) is 0 Å². The maximum Gasteiger partial charge on any atom is 0.387 e. The van der Waals surface area contributed by atoms with Crippen LogP contribution in [0.25, 0.3) is 0 Å². The minimum Gasteiger partial charge on any atom is -0.433 e. The van der Waals surface area contributed by atoms with E-state index >= 15 is 0 Å². The molecule has 2 aromatic heterocycles. The molecule has 9 heteroatoms. The zero-order valence-electron chi connectivity index (χ0n) is 12.8. The van der Waals surface area contributed by atoms with Gasteiger partial charge in [-0.1, -0.05) is 6.07 Å². The quantitative estimate of drug-likeness (QED) is 0.697. The molecule has 130 valence electrons. The lowest BCUT2D eigenvalue weighted by molar-refractivity contribution is -0.0498. The molecule has 0 aliphatic carbocycles. The van der Waals surface area contributed by atoms with Crippen molar-refractivity contribution in [3.05, 3.63) is 38.2 Å². The van der Waals surface area contributed by atoms with Gasteiger partial charge >= 0.3 is 6.61 Å². The lowest BCUT2D eigenvalue weighted by Crippen LogP contribution is -2.29. The number of amides is 2. The maximum absolute atomic E-state index is 12.3. The van der Waals surface area contributed by atoms with Gasteiger partial charge in [-0.2, -0.15) is 8.78 Å². The van der Waals surface area contributed by atoms with Crippen molar-refractivity contribution in [2.75, 3.05) is 13.1 Å². The molecule has 2 rings (SSSR count). The summed E-state index contributed by atoms with van der Waals surface area (Å²) in [6.45, 7) is -0.548. The molecule has 0 radical (unpaired) electrons. The number of alkyl halides is 2. The van der Waals surface area contributed by atoms with Gasteiger partial charge in [0.25, 0.3) is 11.8 Å². The molecule has 0 aliphatic heterocycles. The Morgan fingerprint density at radius 2 is 1.96 bits per heavy atom. The van der Waals surface area contributed by atoms with Crippen LogP contribution in [0.15, 0.2) is 23.6 Å². The second-order valence-electron chi connectivity index (χ2n) is 4.77. The zero-order chi connectivity index (χ0) is 17.5. The molecule has 2 N–H and O–H groups in total. The number of rotatable bonds is 8. The first-order valence-electron chi connectivity index (χ1n) is 7.12. The lowest BCUT2D eigenvalue weighted by Gasteiger charge is -2.07. The van der Waals surface area contributed by atoms with E-state index in [0.29, 0.717) is 29.3 Å². The summed E-state index contributed by atoms with van der Waals surface area (Å²) in [5.74, 6) is -0.734. The minimum atomic E-state index is -2.97. The van der Waals surface area contributed by atoms with Crippen molar-refractivity contribution < 1.29 is 23.1 Å². The monoisotopic (exact) mass is 374 g/mol. The first kappa shape index (κ1) is 18.3. The summed E-state index contributed by atoms with van der Waals surface area (Å²) in [6, 6.07) is 4.93. The molecule has 0 unspecified atom stereocenters. The number of hydrogen-bond donors (Lipinski definition) is 2. The number of thiophene rings is 2. The van der Waals surface area contributed by atoms with E-state index in [1.807, 2.05) is 5.38 Å². The third-order valence-electron chi connectivity index (χ3n) is 2.91. The second-order valence-corrected chi connectivity index (χ2v) is 6.98. The highest BCUT2D eigenvalue weighted by Gasteiger charge is 2.18. The molecule has 2 amide bonds. The van der Waals surface area contributed by atoms with Crippen LogP contribution in [0.2, 0.25) is 0 Å². The highest BCUT2D eigenvalue weighted by atomic mass is 32.1. The molecule has 0 saturated carbocycles. The van der Waals surface area contributed by atoms with E-state index in [2.05, 4.69) is 15.4 Å². The smallest absolute Gasteiger partial charge is 0.387 e. The average Bonchev–Trinajstić information content (AvgIpc) is 3.15. The van der Waals surface area contributed by atoms with Crippen LogP contribution in [0.4, 0.5) is 8.78 Å². The van der Waals surface area contributed by atoms with Crippen molar-refractivity contribution in [2.45, 2.75) is 20.0 Å². The Morgan fingerprint density at radius 3 is 2.58 bits per heavy atom. The largest absolute Gasteiger partial charge is 0.433 e. The van der Waals surface area contributed by atoms with E-state index in [0.717, 1.165) is 11.3 Å². The summed E-state index contributed by atoms with van der Waals surface area (Å²) in [5.41, 5.74) is 0. The molecule has 0 atom stereocenters. The van der Waals surface area contributed by atoms with Gasteiger partial charge in [-0.15, -0.1) is 22.7 Å². The molecular formula is C15H16F2N2O3S2. The first-order chi connectivity index (χ1) is 11.5. The van der Waals surface area contributed by atoms with E-state index in [4.69, 9.17) is 0 Å². The molecule has 0 bridgehead atoms. The molecule has 0 fully saturated rings.